The first-order valence-electron chi connectivity index (χ1n) is 8.23. The Morgan fingerprint density at radius 1 is 1.24 bits per heavy atom. The molecule has 0 heterocycles. The van der Waals surface area contributed by atoms with Gasteiger partial charge in [-0.05, 0) is 57.3 Å². The highest BCUT2D eigenvalue weighted by atomic mass is 16.5. The molecule has 0 saturated heterocycles. The fourth-order valence-corrected chi connectivity index (χ4v) is 3.32. The summed E-state index contributed by atoms with van der Waals surface area (Å²) in [5, 5.41) is 23.0. The van der Waals surface area contributed by atoms with Gasteiger partial charge in [0.15, 0.2) is 0 Å². The van der Waals surface area contributed by atoms with Gasteiger partial charge in [-0.2, -0.15) is 0 Å². The number of ether oxygens (including phenoxy) is 1. The zero-order chi connectivity index (χ0) is 15.3. The lowest BCUT2D eigenvalue weighted by atomic mass is 9.78. The van der Waals surface area contributed by atoms with Crippen LogP contribution < -0.4 is 5.32 Å². The number of hydrogen-bond donors (Lipinski definition) is 3. The highest BCUT2D eigenvalue weighted by Crippen LogP contribution is 2.48. The van der Waals surface area contributed by atoms with Crippen molar-refractivity contribution in [2.24, 2.45) is 11.3 Å². The summed E-state index contributed by atoms with van der Waals surface area (Å²) in [5.41, 5.74) is -0.425. The molecule has 3 N–H and O–H groups in total. The van der Waals surface area contributed by atoms with Crippen molar-refractivity contribution in [2.75, 3.05) is 26.3 Å². The average Bonchev–Trinajstić information content (AvgIpc) is 3.20. The van der Waals surface area contributed by atoms with Crippen LogP contribution in [0.5, 0.6) is 0 Å². The Labute approximate surface area is 127 Å². The van der Waals surface area contributed by atoms with E-state index in [2.05, 4.69) is 5.32 Å². The molecule has 2 aliphatic carbocycles. The minimum Gasteiger partial charge on any atom is -0.466 e. The Morgan fingerprint density at radius 2 is 1.90 bits per heavy atom. The molecule has 2 aliphatic rings. The molecular formula is C16H29NO4. The van der Waals surface area contributed by atoms with Gasteiger partial charge >= 0.3 is 5.97 Å². The normalized spacial score (nSPS) is 30.9. The number of carbonyl (C=O) groups excluding carboxylic acids is 1. The molecule has 0 spiro atoms. The summed E-state index contributed by atoms with van der Waals surface area (Å²) < 4.78 is 5.05. The first-order chi connectivity index (χ1) is 10.0. The average molecular weight is 299 g/mol. The summed E-state index contributed by atoms with van der Waals surface area (Å²) in [6.45, 7) is 3.94. The molecule has 0 bridgehead atoms. The Hall–Kier alpha value is -0.650. The molecule has 122 valence electrons. The first-order valence-corrected chi connectivity index (χ1v) is 8.23. The Morgan fingerprint density at radius 3 is 2.43 bits per heavy atom. The number of rotatable bonds is 8. The van der Waals surface area contributed by atoms with Gasteiger partial charge in [-0.3, -0.25) is 4.79 Å². The number of hydrogen-bond acceptors (Lipinski definition) is 5. The van der Waals surface area contributed by atoms with Gasteiger partial charge in [-0.15, -0.1) is 0 Å². The minimum absolute atomic E-state index is 0.0469. The van der Waals surface area contributed by atoms with Gasteiger partial charge in [0, 0.05) is 19.7 Å². The van der Waals surface area contributed by atoms with Crippen LogP contribution >= 0.6 is 0 Å². The SMILES string of the molecule is CCOC(=O)C1CCC(O)(CNCC2(CCO)CC2)CC1. The molecule has 5 heteroatoms. The molecule has 0 aromatic carbocycles. The number of nitrogens with one attached hydrogen (secondary N) is 1. The smallest absolute Gasteiger partial charge is 0.308 e. The van der Waals surface area contributed by atoms with Crippen LogP contribution in [0.25, 0.3) is 0 Å². The van der Waals surface area contributed by atoms with Crippen molar-refractivity contribution < 1.29 is 19.7 Å². The number of aliphatic hydroxyl groups excluding tert-OH is 1. The predicted octanol–water partition coefficient (Wildman–Crippen LogP) is 1.22. The molecular weight excluding hydrogens is 270 g/mol. The van der Waals surface area contributed by atoms with Gasteiger partial charge in [-0.25, -0.2) is 0 Å². The molecule has 2 fully saturated rings. The van der Waals surface area contributed by atoms with Gasteiger partial charge in [0.2, 0.25) is 0 Å². The van der Waals surface area contributed by atoms with Crippen molar-refractivity contribution in [2.45, 2.75) is 57.5 Å². The summed E-state index contributed by atoms with van der Waals surface area (Å²) in [6.07, 6.45) is 5.90. The zero-order valence-corrected chi connectivity index (χ0v) is 13.1. The van der Waals surface area contributed by atoms with Crippen molar-refractivity contribution in [1.82, 2.24) is 5.32 Å². The third kappa shape index (κ3) is 4.66. The van der Waals surface area contributed by atoms with Gasteiger partial charge in [-0.1, -0.05) is 0 Å². The molecule has 0 aliphatic heterocycles. The highest BCUT2D eigenvalue weighted by Gasteiger charge is 2.42. The lowest BCUT2D eigenvalue weighted by Crippen LogP contribution is -2.45. The maximum atomic E-state index is 11.7. The standard InChI is InChI=1S/C16H29NO4/c1-2-21-14(19)13-3-5-16(20,6-4-13)12-17-11-15(7-8-15)9-10-18/h13,17-18,20H,2-12H2,1H3. The number of esters is 1. The second kappa shape index (κ2) is 7.07. The summed E-state index contributed by atoms with van der Waals surface area (Å²) in [7, 11) is 0. The van der Waals surface area contributed by atoms with Crippen molar-refractivity contribution in [3.63, 3.8) is 0 Å². The van der Waals surface area contributed by atoms with Crippen molar-refractivity contribution >= 4 is 5.97 Å². The Kier molecular flexibility index (Phi) is 5.63. The van der Waals surface area contributed by atoms with Crippen molar-refractivity contribution in [3.8, 4) is 0 Å². The summed E-state index contributed by atoms with van der Waals surface area (Å²) in [4.78, 5) is 11.7. The zero-order valence-electron chi connectivity index (χ0n) is 13.1. The molecule has 0 aromatic rings. The summed E-state index contributed by atoms with van der Waals surface area (Å²) >= 11 is 0. The van der Waals surface area contributed by atoms with E-state index in [4.69, 9.17) is 9.84 Å². The molecule has 21 heavy (non-hydrogen) atoms. The molecule has 0 unspecified atom stereocenters. The van der Waals surface area contributed by atoms with E-state index in [9.17, 15) is 9.90 Å². The fourth-order valence-electron chi connectivity index (χ4n) is 3.32. The molecule has 2 saturated carbocycles. The van der Waals surface area contributed by atoms with Crippen LogP contribution in [-0.4, -0.2) is 48.1 Å². The monoisotopic (exact) mass is 299 g/mol. The van der Waals surface area contributed by atoms with Gasteiger partial charge in [0.25, 0.3) is 0 Å². The van der Waals surface area contributed by atoms with E-state index in [-0.39, 0.29) is 23.9 Å². The van der Waals surface area contributed by atoms with Crippen LogP contribution in [0, 0.1) is 11.3 Å². The number of aliphatic hydroxyl groups is 2. The summed E-state index contributed by atoms with van der Waals surface area (Å²) in [6, 6.07) is 0. The van der Waals surface area contributed by atoms with Crippen LogP contribution in [0.2, 0.25) is 0 Å². The topological polar surface area (TPSA) is 78.8 Å². The van der Waals surface area contributed by atoms with Gasteiger partial charge < -0.3 is 20.3 Å². The predicted molar refractivity (Wildman–Crippen MR) is 79.8 cm³/mol. The lowest BCUT2D eigenvalue weighted by Gasteiger charge is -2.35. The molecule has 0 aromatic heterocycles. The van der Waals surface area contributed by atoms with Crippen LogP contribution in [0.1, 0.15) is 51.9 Å². The van der Waals surface area contributed by atoms with Gasteiger partial charge in [0.05, 0.1) is 18.1 Å². The van der Waals surface area contributed by atoms with E-state index in [0.29, 0.717) is 38.8 Å². The molecule has 2 rings (SSSR count). The maximum absolute atomic E-state index is 11.7. The maximum Gasteiger partial charge on any atom is 0.308 e. The van der Waals surface area contributed by atoms with Crippen LogP contribution in [-0.2, 0) is 9.53 Å². The minimum atomic E-state index is -0.696. The summed E-state index contributed by atoms with van der Waals surface area (Å²) in [5.74, 6) is -0.165. The lowest BCUT2D eigenvalue weighted by molar-refractivity contribution is -0.151. The van der Waals surface area contributed by atoms with E-state index in [1.54, 1.807) is 0 Å². The van der Waals surface area contributed by atoms with Crippen LogP contribution in [0.3, 0.4) is 0 Å². The van der Waals surface area contributed by atoms with Crippen LogP contribution in [0.15, 0.2) is 0 Å². The third-order valence-electron chi connectivity index (χ3n) is 5.09. The van der Waals surface area contributed by atoms with Crippen molar-refractivity contribution in [1.29, 1.82) is 0 Å². The second-order valence-electron chi connectivity index (χ2n) is 6.83. The molecule has 0 amide bonds. The Bertz CT molecular complexity index is 346. The van der Waals surface area contributed by atoms with E-state index < -0.39 is 5.60 Å². The largest absolute Gasteiger partial charge is 0.466 e. The van der Waals surface area contributed by atoms with Gasteiger partial charge in [0.1, 0.15) is 0 Å². The van der Waals surface area contributed by atoms with Crippen LogP contribution in [0.4, 0.5) is 0 Å². The van der Waals surface area contributed by atoms with E-state index in [1.807, 2.05) is 6.92 Å². The third-order valence-corrected chi connectivity index (χ3v) is 5.09. The first kappa shape index (κ1) is 16.7. The molecule has 5 nitrogen and oxygen atoms in total. The fraction of sp³-hybridized carbons (Fsp3) is 0.938. The quantitative estimate of drug-likeness (QED) is 0.587. The molecule has 0 atom stereocenters. The van der Waals surface area contributed by atoms with Crippen molar-refractivity contribution in [3.05, 3.63) is 0 Å². The second-order valence-corrected chi connectivity index (χ2v) is 6.83. The van der Waals surface area contributed by atoms with E-state index >= 15 is 0 Å². The molecule has 0 radical (unpaired) electrons. The highest BCUT2D eigenvalue weighted by molar-refractivity contribution is 5.72. The number of carbonyl (C=O) groups is 1. The van der Waals surface area contributed by atoms with E-state index in [0.717, 1.165) is 13.0 Å². The Balaban J connectivity index is 1.69. The van der Waals surface area contributed by atoms with E-state index in [1.165, 1.54) is 12.8 Å².